The number of hydrogen-bond acceptors (Lipinski definition) is 3. The first-order chi connectivity index (χ1) is 4.38. The summed E-state index contributed by atoms with van der Waals surface area (Å²) in [5.41, 5.74) is 0. The summed E-state index contributed by atoms with van der Waals surface area (Å²) in [6, 6.07) is 0. The third-order valence-electron chi connectivity index (χ3n) is 2.69. The van der Waals surface area contributed by atoms with E-state index in [1.807, 2.05) is 0 Å². The third kappa shape index (κ3) is 1.64. The first kappa shape index (κ1) is 11.5. The molecule has 0 bridgehead atoms. The van der Waals surface area contributed by atoms with Crippen molar-refractivity contribution in [1.82, 2.24) is 0 Å². The minimum atomic E-state index is -4.06. The molecule has 60 valence electrons. The summed E-state index contributed by atoms with van der Waals surface area (Å²) >= 11 is 0. The molecule has 1 rings (SSSR count). The molecule has 0 aromatic heterocycles. The Bertz CT molecular complexity index is 236. The Morgan fingerprint density at radius 2 is 2.00 bits per heavy atom. The van der Waals surface area contributed by atoms with Crippen LogP contribution in [0.25, 0.3) is 0 Å². The minimum absolute atomic E-state index is 0. The van der Waals surface area contributed by atoms with Gasteiger partial charge in [-0.2, -0.15) is 0 Å². The van der Waals surface area contributed by atoms with Crippen molar-refractivity contribution < 1.29 is 31.8 Å². The summed E-state index contributed by atoms with van der Waals surface area (Å²) < 4.78 is 30.8. The fourth-order valence-electron chi connectivity index (χ4n) is 1.21. The van der Waals surface area contributed by atoms with Gasteiger partial charge in [-0.05, 0) is 25.7 Å². The zero-order chi connectivity index (χ0) is 7.99. The maximum Gasteiger partial charge on any atom is 1.00 e. The molecular weight excluding hydrogens is 159 g/mol. The summed E-state index contributed by atoms with van der Waals surface area (Å²) in [6.45, 7) is 3.34. The summed E-state index contributed by atoms with van der Waals surface area (Å²) in [5.74, 6) is 0.0370. The second-order valence-electron chi connectivity index (χ2n) is 3.21. The van der Waals surface area contributed by atoms with E-state index in [9.17, 15) is 13.0 Å². The molecule has 1 saturated carbocycles. The molecule has 1 fully saturated rings. The minimum Gasteiger partial charge on any atom is -0.748 e. The Hall–Kier alpha value is 0.507. The molecule has 1 aliphatic rings. The van der Waals surface area contributed by atoms with Crippen LogP contribution in [-0.4, -0.2) is 17.7 Å². The van der Waals surface area contributed by atoms with Crippen LogP contribution in [0.2, 0.25) is 0 Å². The molecule has 5 heteroatoms. The SMILES string of the molecule is CC1CCC1(C)S(=O)(=O)[O-].[Li+]. The van der Waals surface area contributed by atoms with E-state index in [1.165, 1.54) is 6.92 Å². The van der Waals surface area contributed by atoms with Crippen LogP contribution in [0.3, 0.4) is 0 Å². The molecule has 2 unspecified atom stereocenters. The van der Waals surface area contributed by atoms with Crippen LogP contribution in [0.4, 0.5) is 0 Å². The van der Waals surface area contributed by atoms with Crippen LogP contribution in [-0.2, 0) is 10.1 Å². The van der Waals surface area contributed by atoms with Gasteiger partial charge in [0, 0.05) is 0 Å². The first-order valence-corrected chi connectivity index (χ1v) is 4.74. The fourth-order valence-corrected chi connectivity index (χ4v) is 2.19. The summed E-state index contributed by atoms with van der Waals surface area (Å²) in [5, 5.41) is 0. The monoisotopic (exact) mass is 170 g/mol. The van der Waals surface area contributed by atoms with Crippen LogP contribution in [0.5, 0.6) is 0 Å². The van der Waals surface area contributed by atoms with Gasteiger partial charge in [-0.15, -0.1) is 0 Å². The van der Waals surface area contributed by atoms with Crippen molar-refractivity contribution in [1.29, 1.82) is 0 Å². The quantitative estimate of drug-likeness (QED) is 0.329. The molecule has 0 heterocycles. The van der Waals surface area contributed by atoms with E-state index in [0.29, 0.717) is 6.42 Å². The Morgan fingerprint density at radius 3 is 2.00 bits per heavy atom. The van der Waals surface area contributed by atoms with Gasteiger partial charge in [0.25, 0.3) is 0 Å². The van der Waals surface area contributed by atoms with Crippen LogP contribution < -0.4 is 18.9 Å². The standard InChI is InChI=1S/C6H12O3S.Li/c1-5-3-4-6(5,2)10(7,8)9;/h5H,3-4H2,1-2H3,(H,7,8,9);/q;+1/p-1. The molecule has 0 radical (unpaired) electrons. The molecular formula is C6H11LiO3S. The topological polar surface area (TPSA) is 57.2 Å². The Morgan fingerprint density at radius 1 is 1.55 bits per heavy atom. The van der Waals surface area contributed by atoms with Crippen molar-refractivity contribution in [2.45, 2.75) is 31.4 Å². The van der Waals surface area contributed by atoms with E-state index in [1.54, 1.807) is 6.92 Å². The van der Waals surface area contributed by atoms with Gasteiger partial charge in [0.2, 0.25) is 0 Å². The van der Waals surface area contributed by atoms with Crippen molar-refractivity contribution in [3.63, 3.8) is 0 Å². The van der Waals surface area contributed by atoms with Gasteiger partial charge in [0.1, 0.15) is 10.1 Å². The van der Waals surface area contributed by atoms with Crippen LogP contribution in [0.1, 0.15) is 26.7 Å². The Kier molecular flexibility index (Phi) is 3.24. The Labute approximate surface area is 79.5 Å². The average Bonchev–Trinajstić information content (AvgIpc) is 1.80. The predicted molar refractivity (Wildman–Crippen MR) is 36.5 cm³/mol. The van der Waals surface area contributed by atoms with Gasteiger partial charge in [0.05, 0.1) is 4.75 Å². The summed E-state index contributed by atoms with van der Waals surface area (Å²) in [6.07, 6.45) is 1.39. The van der Waals surface area contributed by atoms with Crippen LogP contribution in [0, 0.1) is 5.92 Å². The maximum atomic E-state index is 10.6. The van der Waals surface area contributed by atoms with E-state index in [0.717, 1.165) is 6.42 Å². The van der Waals surface area contributed by atoms with E-state index in [-0.39, 0.29) is 24.8 Å². The normalized spacial score (nSPS) is 37.2. The van der Waals surface area contributed by atoms with E-state index in [4.69, 9.17) is 0 Å². The van der Waals surface area contributed by atoms with Gasteiger partial charge >= 0.3 is 18.9 Å². The molecule has 3 nitrogen and oxygen atoms in total. The molecule has 0 aliphatic heterocycles. The molecule has 0 N–H and O–H groups in total. The van der Waals surface area contributed by atoms with E-state index < -0.39 is 14.9 Å². The van der Waals surface area contributed by atoms with Crippen molar-refractivity contribution >= 4 is 10.1 Å². The second-order valence-corrected chi connectivity index (χ2v) is 5.05. The van der Waals surface area contributed by atoms with Crippen molar-refractivity contribution in [2.75, 3.05) is 0 Å². The summed E-state index contributed by atoms with van der Waals surface area (Å²) in [4.78, 5) is 0. The van der Waals surface area contributed by atoms with Gasteiger partial charge in [-0.25, -0.2) is 8.42 Å². The molecule has 0 amide bonds. The smallest absolute Gasteiger partial charge is 0.748 e. The number of rotatable bonds is 1. The van der Waals surface area contributed by atoms with Crippen LogP contribution in [0.15, 0.2) is 0 Å². The maximum absolute atomic E-state index is 10.6. The van der Waals surface area contributed by atoms with Gasteiger partial charge in [-0.1, -0.05) is 6.92 Å². The van der Waals surface area contributed by atoms with Gasteiger partial charge in [0.15, 0.2) is 0 Å². The predicted octanol–water partition coefficient (Wildman–Crippen LogP) is -2.28. The molecule has 11 heavy (non-hydrogen) atoms. The summed E-state index contributed by atoms with van der Waals surface area (Å²) in [7, 11) is -4.06. The largest absolute Gasteiger partial charge is 1.00 e. The molecule has 0 spiro atoms. The Balaban J connectivity index is 0.000001000. The zero-order valence-electron chi connectivity index (χ0n) is 7.12. The number of hydrogen-bond donors (Lipinski definition) is 0. The third-order valence-corrected chi connectivity index (χ3v) is 4.44. The van der Waals surface area contributed by atoms with Gasteiger partial charge < -0.3 is 4.55 Å². The molecule has 0 saturated heterocycles. The first-order valence-electron chi connectivity index (χ1n) is 3.33. The van der Waals surface area contributed by atoms with Crippen molar-refractivity contribution in [3.05, 3.63) is 0 Å². The molecule has 0 aromatic carbocycles. The second kappa shape index (κ2) is 3.10. The van der Waals surface area contributed by atoms with Gasteiger partial charge in [-0.3, -0.25) is 0 Å². The fraction of sp³-hybridized carbons (Fsp3) is 1.00. The average molecular weight is 170 g/mol. The van der Waals surface area contributed by atoms with E-state index in [2.05, 4.69) is 0 Å². The zero-order valence-corrected chi connectivity index (χ0v) is 7.94. The van der Waals surface area contributed by atoms with Crippen LogP contribution >= 0.6 is 0 Å². The molecule has 1 aliphatic carbocycles. The molecule has 2 atom stereocenters. The van der Waals surface area contributed by atoms with Crippen molar-refractivity contribution in [2.24, 2.45) is 5.92 Å². The molecule has 0 aromatic rings. The van der Waals surface area contributed by atoms with Crippen molar-refractivity contribution in [3.8, 4) is 0 Å². The van der Waals surface area contributed by atoms with E-state index >= 15 is 0 Å².